The summed E-state index contributed by atoms with van der Waals surface area (Å²) >= 11 is 7.82. The lowest BCUT2D eigenvalue weighted by Crippen LogP contribution is -2.13. The first-order chi connectivity index (χ1) is 10.1. The first-order valence-corrected chi connectivity index (χ1v) is 7.93. The first-order valence-electron chi connectivity index (χ1n) is 6.67. The molecule has 3 rings (SSSR count). The van der Waals surface area contributed by atoms with Crippen LogP contribution in [0.1, 0.15) is 21.9 Å². The third-order valence-corrected chi connectivity index (χ3v) is 4.67. The number of aryl methyl sites for hydroxylation is 1. The van der Waals surface area contributed by atoms with E-state index in [1.807, 2.05) is 24.3 Å². The van der Waals surface area contributed by atoms with Crippen LogP contribution < -0.4 is 5.73 Å². The van der Waals surface area contributed by atoms with E-state index >= 15 is 0 Å². The standard InChI is InChI=1S/C17H15ClN2S/c1-11-6-8-12(9-7-11)15-10-16(21-17(19)20-15)13-4-2-3-5-14(13)18/h2-10,16H,1H3,(H2,19,20)/t16-/m0/s1. The minimum Gasteiger partial charge on any atom is -0.378 e. The van der Waals surface area contributed by atoms with Crippen LogP contribution in [0.3, 0.4) is 0 Å². The Morgan fingerprint density at radius 3 is 2.52 bits per heavy atom. The van der Waals surface area contributed by atoms with Crippen LogP contribution in [0.2, 0.25) is 5.02 Å². The zero-order chi connectivity index (χ0) is 14.8. The largest absolute Gasteiger partial charge is 0.378 e. The second-order valence-corrected chi connectivity index (χ2v) is 6.50. The average molecular weight is 315 g/mol. The molecule has 0 radical (unpaired) electrons. The number of nitrogens with two attached hydrogens (primary N) is 1. The number of hydrogen-bond acceptors (Lipinski definition) is 3. The van der Waals surface area contributed by atoms with Crippen molar-refractivity contribution in [2.75, 3.05) is 0 Å². The second kappa shape index (κ2) is 5.96. The predicted octanol–water partition coefficient (Wildman–Crippen LogP) is 4.79. The molecule has 2 aromatic rings. The molecule has 2 aromatic carbocycles. The average Bonchev–Trinajstić information content (AvgIpc) is 2.48. The van der Waals surface area contributed by atoms with Gasteiger partial charge in [-0.25, -0.2) is 4.99 Å². The molecule has 1 aliphatic rings. The number of halogens is 1. The van der Waals surface area contributed by atoms with E-state index in [9.17, 15) is 0 Å². The maximum absolute atomic E-state index is 6.30. The third-order valence-electron chi connectivity index (χ3n) is 3.35. The van der Waals surface area contributed by atoms with Gasteiger partial charge in [0.1, 0.15) is 0 Å². The van der Waals surface area contributed by atoms with Crippen molar-refractivity contribution in [3.63, 3.8) is 0 Å². The summed E-state index contributed by atoms with van der Waals surface area (Å²) < 4.78 is 0. The maximum Gasteiger partial charge on any atom is 0.160 e. The number of thioether (sulfide) groups is 1. The molecule has 0 saturated heterocycles. The van der Waals surface area contributed by atoms with Crippen molar-refractivity contribution >= 4 is 34.2 Å². The van der Waals surface area contributed by atoms with E-state index in [0.717, 1.165) is 21.8 Å². The van der Waals surface area contributed by atoms with Gasteiger partial charge in [0.25, 0.3) is 0 Å². The summed E-state index contributed by atoms with van der Waals surface area (Å²) in [5.74, 6) is 0. The van der Waals surface area contributed by atoms with E-state index in [2.05, 4.69) is 42.3 Å². The van der Waals surface area contributed by atoms with Gasteiger partial charge in [-0.15, -0.1) is 0 Å². The van der Waals surface area contributed by atoms with E-state index in [1.165, 1.54) is 17.3 Å². The van der Waals surface area contributed by atoms with Gasteiger partial charge in [0.05, 0.1) is 10.9 Å². The van der Waals surface area contributed by atoms with Gasteiger partial charge in [-0.3, -0.25) is 0 Å². The van der Waals surface area contributed by atoms with Crippen molar-refractivity contribution in [2.45, 2.75) is 12.2 Å². The Hall–Kier alpha value is -1.71. The molecule has 0 spiro atoms. The highest BCUT2D eigenvalue weighted by Gasteiger charge is 2.20. The molecule has 21 heavy (non-hydrogen) atoms. The van der Waals surface area contributed by atoms with Crippen molar-refractivity contribution in [1.29, 1.82) is 0 Å². The molecule has 1 heterocycles. The monoisotopic (exact) mass is 314 g/mol. The summed E-state index contributed by atoms with van der Waals surface area (Å²) in [4.78, 5) is 4.46. The molecule has 0 unspecified atom stereocenters. The van der Waals surface area contributed by atoms with Gasteiger partial charge in [-0.2, -0.15) is 0 Å². The number of aliphatic imine (C=N–C) groups is 1. The molecule has 0 bridgehead atoms. The van der Waals surface area contributed by atoms with Crippen LogP contribution in [-0.4, -0.2) is 5.17 Å². The van der Waals surface area contributed by atoms with Crippen LogP contribution in [0.15, 0.2) is 59.6 Å². The Balaban J connectivity index is 2.00. The lowest BCUT2D eigenvalue weighted by atomic mass is 10.1. The van der Waals surface area contributed by atoms with Crippen LogP contribution >= 0.6 is 23.4 Å². The zero-order valence-electron chi connectivity index (χ0n) is 11.6. The fourth-order valence-corrected chi connectivity index (χ4v) is 3.49. The highest BCUT2D eigenvalue weighted by Crippen LogP contribution is 2.40. The van der Waals surface area contributed by atoms with Crippen molar-refractivity contribution < 1.29 is 0 Å². The lowest BCUT2D eigenvalue weighted by molar-refractivity contribution is 1.22. The second-order valence-electron chi connectivity index (χ2n) is 4.93. The fourth-order valence-electron chi connectivity index (χ4n) is 2.23. The minimum absolute atomic E-state index is 0.0903. The maximum atomic E-state index is 6.30. The van der Waals surface area contributed by atoms with E-state index in [4.69, 9.17) is 17.3 Å². The number of hydrogen-bond donors (Lipinski definition) is 1. The molecule has 1 atom stereocenters. The van der Waals surface area contributed by atoms with Crippen LogP contribution in [0.5, 0.6) is 0 Å². The lowest BCUT2D eigenvalue weighted by Gasteiger charge is -2.19. The molecule has 1 aliphatic heterocycles. The summed E-state index contributed by atoms with van der Waals surface area (Å²) in [6, 6.07) is 16.1. The summed E-state index contributed by atoms with van der Waals surface area (Å²) in [5.41, 5.74) is 10.3. The van der Waals surface area contributed by atoms with Crippen molar-refractivity contribution in [3.05, 3.63) is 76.3 Å². The molecule has 0 aliphatic carbocycles. The molecule has 0 amide bonds. The molecular weight excluding hydrogens is 300 g/mol. The van der Waals surface area contributed by atoms with Gasteiger partial charge in [-0.1, -0.05) is 71.4 Å². The summed E-state index contributed by atoms with van der Waals surface area (Å²) in [5, 5.41) is 1.41. The Kier molecular flexibility index (Phi) is 4.04. The van der Waals surface area contributed by atoms with E-state index in [1.54, 1.807) is 0 Å². The smallest absolute Gasteiger partial charge is 0.160 e. The van der Waals surface area contributed by atoms with E-state index < -0.39 is 0 Å². The van der Waals surface area contributed by atoms with Crippen LogP contribution in [0, 0.1) is 6.92 Å². The van der Waals surface area contributed by atoms with E-state index in [0.29, 0.717) is 5.17 Å². The Bertz CT molecular complexity index is 720. The van der Waals surface area contributed by atoms with Crippen molar-refractivity contribution in [1.82, 2.24) is 0 Å². The molecular formula is C17H15ClN2S. The highest BCUT2D eigenvalue weighted by atomic mass is 35.5. The van der Waals surface area contributed by atoms with Crippen molar-refractivity contribution in [2.24, 2.45) is 10.7 Å². The number of amidine groups is 1. The first kappa shape index (κ1) is 14.2. The Morgan fingerprint density at radius 2 is 1.81 bits per heavy atom. The minimum atomic E-state index is 0.0903. The molecule has 2 N–H and O–H groups in total. The van der Waals surface area contributed by atoms with Gasteiger partial charge in [-0.05, 0) is 30.2 Å². The van der Waals surface area contributed by atoms with Crippen LogP contribution in [-0.2, 0) is 0 Å². The topological polar surface area (TPSA) is 38.4 Å². The molecule has 2 nitrogen and oxygen atoms in total. The quantitative estimate of drug-likeness (QED) is 0.865. The Labute approximate surface area is 133 Å². The van der Waals surface area contributed by atoms with Gasteiger partial charge in [0, 0.05) is 5.02 Å². The molecule has 0 saturated carbocycles. The van der Waals surface area contributed by atoms with E-state index in [-0.39, 0.29) is 5.25 Å². The van der Waals surface area contributed by atoms with Crippen molar-refractivity contribution in [3.8, 4) is 0 Å². The molecule has 0 fully saturated rings. The fraction of sp³-hybridized carbons (Fsp3) is 0.118. The zero-order valence-corrected chi connectivity index (χ0v) is 13.2. The predicted molar refractivity (Wildman–Crippen MR) is 92.6 cm³/mol. The summed E-state index contributed by atoms with van der Waals surface area (Å²) in [7, 11) is 0. The van der Waals surface area contributed by atoms with Gasteiger partial charge < -0.3 is 5.73 Å². The van der Waals surface area contributed by atoms with Gasteiger partial charge in [0.15, 0.2) is 5.17 Å². The summed E-state index contributed by atoms with van der Waals surface area (Å²) in [6.45, 7) is 2.07. The van der Waals surface area contributed by atoms with Crippen LogP contribution in [0.25, 0.3) is 5.70 Å². The van der Waals surface area contributed by atoms with Crippen LogP contribution in [0.4, 0.5) is 0 Å². The Morgan fingerprint density at radius 1 is 1.10 bits per heavy atom. The van der Waals surface area contributed by atoms with Gasteiger partial charge >= 0.3 is 0 Å². The SMILES string of the molecule is Cc1ccc(C2=C[C@@H](c3ccccc3Cl)SC(N)=N2)cc1. The van der Waals surface area contributed by atoms with Gasteiger partial charge in [0.2, 0.25) is 0 Å². The molecule has 4 heteroatoms. The third kappa shape index (κ3) is 3.14. The molecule has 106 valence electrons. The number of nitrogens with zero attached hydrogens (tertiary/aromatic N) is 1. The molecule has 0 aromatic heterocycles. The summed E-state index contributed by atoms with van der Waals surface area (Å²) in [6.07, 6.45) is 2.12. The highest BCUT2D eigenvalue weighted by molar-refractivity contribution is 8.14. The normalized spacial score (nSPS) is 18.1. The number of benzene rings is 2. The number of rotatable bonds is 2.